The number of likely N-dealkylation sites (tertiary alicyclic amines) is 1. The van der Waals surface area contributed by atoms with Crippen LogP contribution in [0, 0.1) is 5.92 Å². The summed E-state index contributed by atoms with van der Waals surface area (Å²) >= 11 is 0. The number of rotatable bonds is 6. The van der Waals surface area contributed by atoms with Gasteiger partial charge >= 0.3 is 0 Å². The number of ether oxygens (including phenoxy) is 2. The molecule has 1 atom stereocenters. The molecule has 1 aliphatic rings. The smallest absolute Gasteiger partial charge is 0.243 e. The van der Waals surface area contributed by atoms with Crippen LogP contribution >= 0.6 is 0 Å². The zero-order valence-corrected chi connectivity index (χ0v) is 16.0. The number of hydrogen-bond donors (Lipinski definition) is 0. The fourth-order valence-electron chi connectivity index (χ4n) is 3.02. The molecule has 1 fully saturated rings. The van der Waals surface area contributed by atoms with Gasteiger partial charge in [-0.05, 0) is 30.9 Å². The van der Waals surface area contributed by atoms with Gasteiger partial charge in [0, 0.05) is 19.2 Å². The number of carbonyl (C=O) groups is 1. The van der Waals surface area contributed by atoms with Gasteiger partial charge in [-0.3, -0.25) is 9.10 Å². The van der Waals surface area contributed by atoms with E-state index in [-0.39, 0.29) is 12.5 Å². The Morgan fingerprint density at radius 3 is 2.52 bits per heavy atom. The molecule has 0 saturated carbocycles. The molecule has 8 heteroatoms. The molecular weight excluding hydrogens is 344 g/mol. The van der Waals surface area contributed by atoms with Crippen molar-refractivity contribution in [3.8, 4) is 11.5 Å². The molecule has 0 aliphatic carbocycles. The molecule has 1 aromatic rings. The summed E-state index contributed by atoms with van der Waals surface area (Å²) in [5.41, 5.74) is 0.374. The van der Waals surface area contributed by atoms with E-state index in [4.69, 9.17) is 9.47 Å². The number of piperidine rings is 1. The SMILES string of the molecule is COc1ccc(N(CC(=O)N2CCC[C@@H](C)C2)S(C)(=O)=O)cc1OC. The summed E-state index contributed by atoms with van der Waals surface area (Å²) in [4.78, 5) is 14.4. The summed E-state index contributed by atoms with van der Waals surface area (Å²) in [5, 5.41) is 0. The minimum absolute atomic E-state index is 0.188. The number of amides is 1. The molecule has 1 heterocycles. The fourth-order valence-corrected chi connectivity index (χ4v) is 3.86. The van der Waals surface area contributed by atoms with E-state index in [0.717, 1.165) is 23.4 Å². The first-order valence-corrected chi connectivity index (χ1v) is 10.1. The normalized spacial score (nSPS) is 17.9. The van der Waals surface area contributed by atoms with Gasteiger partial charge in [-0.15, -0.1) is 0 Å². The van der Waals surface area contributed by atoms with Crippen LogP contribution in [0.25, 0.3) is 0 Å². The summed E-state index contributed by atoms with van der Waals surface area (Å²) in [5.74, 6) is 1.15. The number of benzene rings is 1. The summed E-state index contributed by atoms with van der Waals surface area (Å²) < 4.78 is 36.0. The van der Waals surface area contributed by atoms with Crippen LogP contribution in [0.15, 0.2) is 18.2 Å². The summed E-state index contributed by atoms with van der Waals surface area (Å²) in [6, 6.07) is 4.79. The van der Waals surface area contributed by atoms with Gasteiger partial charge < -0.3 is 14.4 Å². The zero-order chi connectivity index (χ0) is 18.6. The number of carbonyl (C=O) groups excluding carboxylic acids is 1. The predicted molar refractivity (Wildman–Crippen MR) is 96.7 cm³/mol. The van der Waals surface area contributed by atoms with E-state index in [9.17, 15) is 13.2 Å². The largest absolute Gasteiger partial charge is 0.493 e. The second kappa shape index (κ2) is 7.95. The first-order chi connectivity index (χ1) is 11.8. The third-order valence-electron chi connectivity index (χ3n) is 4.34. The highest BCUT2D eigenvalue weighted by atomic mass is 32.2. The van der Waals surface area contributed by atoms with Crippen molar-refractivity contribution in [3.63, 3.8) is 0 Å². The molecule has 2 rings (SSSR count). The van der Waals surface area contributed by atoms with E-state index >= 15 is 0 Å². The molecule has 0 aromatic heterocycles. The molecule has 1 amide bonds. The third-order valence-corrected chi connectivity index (χ3v) is 5.48. The highest BCUT2D eigenvalue weighted by molar-refractivity contribution is 7.92. The summed E-state index contributed by atoms with van der Waals surface area (Å²) in [7, 11) is -0.635. The van der Waals surface area contributed by atoms with Crippen LogP contribution in [0.5, 0.6) is 11.5 Å². The van der Waals surface area contributed by atoms with Crippen molar-refractivity contribution in [1.29, 1.82) is 0 Å². The monoisotopic (exact) mass is 370 g/mol. The number of methoxy groups -OCH3 is 2. The molecule has 0 spiro atoms. The fraction of sp³-hybridized carbons (Fsp3) is 0.588. The van der Waals surface area contributed by atoms with E-state index in [1.165, 1.54) is 14.2 Å². The van der Waals surface area contributed by atoms with E-state index in [1.54, 1.807) is 23.1 Å². The standard InChI is InChI=1S/C17H26N2O5S/c1-13-6-5-9-18(11-13)17(20)12-19(25(4,21)22)14-7-8-15(23-2)16(10-14)24-3/h7-8,10,13H,5-6,9,11-12H2,1-4H3/t13-/m1/s1. The zero-order valence-electron chi connectivity index (χ0n) is 15.2. The Kier molecular flexibility index (Phi) is 6.16. The van der Waals surface area contributed by atoms with E-state index in [0.29, 0.717) is 36.2 Å². The second-order valence-electron chi connectivity index (χ2n) is 6.40. The lowest BCUT2D eigenvalue weighted by Crippen LogP contribution is -2.46. The van der Waals surface area contributed by atoms with Crippen LogP contribution in [0.3, 0.4) is 0 Å². The lowest BCUT2D eigenvalue weighted by atomic mass is 10.0. The molecule has 1 aliphatic heterocycles. The van der Waals surface area contributed by atoms with Gasteiger partial charge in [-0.1, -0.05) is 6.92 Å². The van der Waals surface area contributed by atoms with E-state index in [1.807, 2.05) is 0 Å². The molecule has 140 valence electrons. The van der Waals surface area contributed by atoms with Crippen molar-refractivity contribution in [2.24, 2.45) is 5.92 Å². The van der Waals surface area contributed by atoms with E-state index < -0.39 is 10.0 Å². The number of sulfonamides is 1. The Bertz CT molecular complexity index is 720. The molecule has 7 nitrogen and oxygen atoms in total. The molecule has 1 saturated heterocycles. The van der Waals surface area contributed by atoms with Gasteiger partial charge in [0.1, 0.15) is 6.54 Å². The van der Waals surface area contributed by atoms with Crippen LogP contribution in [-0.2, 0) is 14.8 Å². The first-order valence-electron chi connectivity index (χ1n) is 8.23. The minimum atomic E-state index is -3.62. The van der Waals surface area contributed by atoms with Crippen molar-refractivity contribution in [3.05, 3.63) is 18.2 Å². The Labute approximate surface area is 149 Å². The Balaban J connectivity index is 2.27. The van der Waals surface area contributed by atoms with Crippen LogP contribution in [0.1, 0.15) is 19.8 Å². The van der Waals surface area contributed by atoms with Crippen molar-refractivity contribution in [2.75, 3.05) is 44.4 Å². The molecule has 25 heavy (non-hydrogen) atoms. The third kappa shape index (κ3) is 4.78. The van der Waals surface area contributed by atoms with Gasteiger partial charge in [0.15, 0.2) is 11.5 Å². The number of hydrogen-bond acceptors (Lipinski definition) is 5. The van der Waals surface area contributed by atoms with Crippen LogP contribution in [-0.4, -0.2) is 59.3 Å². The lowest BCUT2D eigenvalue weighted by molar-refractivity contribution is -0.131. The van der Waals surface area contributed by atoms with Gasteiger partial charge in [0.05, 0.1) is 26.2 Å². The van der Waals surface area contributed by atoms with Gasteiger partial charge in [0.25, 0.3) is 0 Å². The van der Waals surface area contributed by atoms with Gasteiger partial charge in [0.2, 0.25) is 15.9 Å². The second-order valence-corrected chi connectivity index (χ2v) is 8.30. The maximum atomic E-state index is 12.6. The van der Waals surface area contributed by atoms with E-state index in [2.05, 4.69) is 6.92 Å². The molecule has 0 radical (unpaired) electrons. The first kappa shape index (κ1) is 19.4. The average molecular weight is 370 g/mol. The molecule has 0 bridgehead atoms. The van der Waals surface area contributed by atoms with Crippen molar-refractivity contribution >= 4 is 21.6 Å². The molecule has 1 aromatic carbocycles. The van der Waals surface area contributed by atoms with Crippen LogP contribution in [0.4, 0.5) is 5.69 Å². The van der Waals surface area contributed by atoms with Crippen molar-refractivity contribution in [1.82, 2.24) is 4.90 Å². The summed E-state index contributed by atoms with van der Waals surface area (Å²) in [6.45, 7) is 3.22. The maximum Gasteiger partial charge on any atom is 0.243 e. The molecule has 0 N–H and O–H groups in total. The van der Waals surface area contributed by atoms with Crippen LogP contribution < -0.4 is 13.8 Å². The Hall–Kier alpha value is -1.96. The van der Waals surface area contributed by atoms with Gasteiger partial charge in [-0.25, -0.2) is 8.42 Å². The predicted octanol–water partition coefficient (Wildman–Crippen LogP) is 1.73. The Morgan fingerprint density at radius 2 is 1.96 bits per heavy atom. The Morgan fingerprint density at radius 1 is 1.28 bits per heavy atom. The number of anilines is 1. The maximum absolute atomic E-state index is 12.6. The van der Waals surface area contributed by atoms with Crippen molar-refractivity contribution < 1.29 is 22.7 Å². The molecular formula is C17H26N2O5S. The average Bonchev–Trinajstić information content (AvgIpc) is 2.57. The highest BCUT2D eigenvalue weighted by Gasteiger charge is 2.27. The lowest BCUT2D eigenvalue weighted by Gasteiger charge is -2.33. The number of nitrogens with zero attached hydrogens (tertiary/aromatic N) is 2. The summed E-state index contributed by atoms with van der Waals surface area (Å²) in [6.07, 6.45) is 3.13. The quantitative estimate of drug-likeness (QED) is 0.762. The topological polar surface area (TPSA) is 76.2 Å². The highest BCUT2D eigenvalue weighted by Crippen LogP contribution is 2.32. The van der Waals surface area contributed by atoms with Gasteiger partial charge in [-0.2, -0.15) is 0 Å². The minimum Gasteiger partial charge on any atom is -0.493 e. The van der Waals surface area contributed by atoms with Crippen LogP contribution in [0.2, 0.25) is 0 Å². The molecule has 0 unspecified atom stereocenters. The van der Waals surface area contributed by atoms with Crippen molar-refractivity contribution in [2.45, 2.75) is 19.8 Å².